The van der Waals surface area contributed by atoms with Crippen LogP contribution in [0, 0.1) is 6.92 Å². The average molecular weight is 311 g/mol. The Balaban J connectivity index is 2.03. The quantitative estimate of drug-likeness (QED) is 0.735. The predicted octanol–water partition coefficient (Wildman–Crippen LogP) is 3.92. The Kier molecular flexibility index (Phi) is 4.07. The van der Waals surface area contributed by atoms with E-state index in [4.69, 9.17) is 11.6 Å². The maximum Gasteiger partial charge on any atom is 0.267 e. The zero-order valence-electron chi connectivity index (χ0n) is 12.2. The second kappa shape index (κ2) is 6.16. The standard InChI is InChI=1S/C18H15ClN2O/c1-13-6-2-4-8-15(13)17-10-11-18(22)21(20-17)12-14-7-3-5-9-16(14)19/h2-11H,12H2,1H3. The van der Waals surface area contributed by atoms with E-state index in [0.717, 1.165) is 22.4 Å². The summed E-state index contributed by atoms with van der Waals surface area (Å²) in [6, 6.07) is 18.8. The molecular formula is C18H15ClN2O. The molecule has 0 radical (unpaired) electrons. The lowest BCUT2D eigenvalue weighted by Crippen LogP contribution is -2.23. The van der Waals surface area contributed by atoms with Crippen LogP contribution in [0.2, 0.25) is 5.02 Å². The molecule has 0 aliphatic heterocycles. The molecule has 0 atom stereocenters. The average Bonchev–Trinajstić information content (AvgIpc) is 2.52. The van der Waals surface area contributed by atoms with Crippen LogP contribution in [-0.4, -0.2) is 9.78 Å². The minimum Gasteiger partial charge on any atom is -0.268 e. The van der Waals surface area contributed by atoms with Crippen LogP contribution in [0.15, 0.2) is 65.5 Å². The topological polar surface area (TPSA) is 34.9 Å². The number of halogens is 1. The van der Waals surface area contributed by atoms with Crippen molar-refractivity contribution in [1.29, 1.82) is 0 Å². The molecule has 1 aromatic heterocycles. The molecule has 0 fully saturated rings. The van der Waals surface area contributed by atoms with Gasteiger partial charge in [0, 0.05) is 16.7 Å². The molecule has 0 unspecified atom stereocenters. The van der Waals surface area contributed by atoms with Gasteiger partial charge in [0.1, 0.15) is 0 Å². The fourth-order valence-corrected chi connectivity index (χ4v) is 2.55. The van der Waals surface area contributed by atoms with E-state index in [2.05, 4.69) is 5.10 Å². The smallest absolute Gasteiger partial charge is 0.267 e. The lowest BCUT2D eigenvalue weighted by molar-refractivity contribution is 0.643. The summed E-state index contributed by atoms with van der Waals surface area (Å²) < 4.78 is 1.45. The first-order valence-corrected chi connectivity index (χ1v) is 7.40. The molecule has 0 saturated heterocycles. The van der Waals surface area contributed by atoms with Crippen LogP contribution >= 0.6 is 11.6 Å². The van der Waals surface area contributed by atoms with Gasteiger partial charge in [0.25, 0.3) is 5.56 Å². The highest BCUT2D eigenvalue weighted by atomic mass is 35.5. The molecule has 0 bridgehead atoms. The normalized spacial score (nSPS) is 10.6. The van der Waals surface area contributed by atoms with Crippen LogP contribution in [0.5, 0.6) is 0 Å². The largest absolute Gasteiger partial charge is 0.268 e. The molecule has 22 heavy (non-hydrogen) atoms. The zero-order valence-corrected chi connectivity index (χ0v) is 12.9. The summed E-state index contributed by atoms with van der Waals surface area (Å²) in [5.74, 6) is 0. The van der Waals surface area contributed by atoms with Crippen molar-refractivity contribution in [3.05, 3.63) is 87.2 Å². The number of aromatic nitrogens is 2. The highest BCUT2D eigenvalue weighted by molar-refractivity contribution is 6.31. The molecule has 0 aliphatic carbocycles. The van der Waals surface area contributed by atoms with E-state index in [-0.39, 0.29) is 5.56 Å². The third kappa shape index (κ3) is 2.95. The molecule has 0 N–H and O–H groups in total. The summed E-state index contributed by atoms with van der Waals surface area (Å²) >= 11 is 6.17. The third-order valence-electron chi connectivity index (χ3n) is 3.57. The molecule has 0 saturated carbocycles. The van der Waals surface area contributed by atoms with Gasteiger partial charge in [-0.1, -0.05) is 54.1 Å². The summed E-state index contributed by atoms with van der Waals surface area (Å²) in [7, 11) is 0. The predicted molar refractivity (Wildman–Crippen MR) is 89.2 cm³/mol. The molecule has 0 amide bonds. The minimum absolute atomic E-state index is 0.141. The molecule has 110 valence electrons. The van der Waals surface area contributed by atoms with Crippen molar-refractivity contribution in [3.8, 4) is 11.3 Å². The number of hydrogen-bond donors (Lipinski definition) is 0. The van der Waals surface area contributed by atoms with Gasteiger partial charge in [0.2, 0.25) is 0 Å². The third-order valence-corrected chi connectivity index (χ3v) is 3.93. The first kappa shape index (κ1) is 14.5. The van der Waals surface area contributed by atoms with Crippen molar-refractivity contribution in [2.75, 3.05) is 0 Å². The lowest BCUT2D eigenvalue weighted by Gasteiger charge is -2.10. The first-order valence-electron chi connectivity index (χ1n) is 7.03. The summed E-state index contributed by atoms with van der Waals surface area (Å²) in [4.78, 5) is 12.1. The van der Waals surface area contributed by atoms with Crippen LogP contribution in [0.4, 0.5) is 0 Å². The molecule has 0 aliphatic rings. The Bertz CT molecular complexity index is 871. The van der Waals surface area contributed by atoms with Crippen LogP contribution in [0.25, 0.3) is 11.3 Å². The zero-order chi connectivity index (χ0) is 15.5. The van der Waals surface area contributed by atoms with Crippen molar-refractivity contribution in [2.24, 2.45) is 0 Å². The Morgan fingerprint density at radius 1 is 1.00 bits per heavy atom. The van der Waals surface area contributed by atoms with Crippen LogP contribution in [0.3, 0.4) is 0 Å². The maximum absolute atomic E-state index is 12.1. The molecule has 2 aromatic carbocycles. The van der Waals surface area contributed by atoms with Crippen molar-refractivity contribution in [2.45, 2.75) is 13.5 Å². The van der Waals surface area contributed by atoms with Crippen molar-refractivity contribution in [1.82, 2.24) is 9.78 Å². The number of benzene rings is 2. The fraction of sp³-hybridized carbons (Fsp3) is 0.111. The Hall–Kier alpha value is -2.39. The molecule has 1 heterocycles. The van der Waals surface area contributed by atoms with E-state index in [1.165, 1.54) is 4.68 Å². The lowest BCUT2D eigenvalue weighted by atomic mass is 10.1. The van der Waals surface area contributed by atoms with Gasteiger partial charge < -0.3 is 0 Å². The molecule has 0 spiro atoms. The molecular weight excluding hydrogens is 296 g/mol. The van der Waals surface area contributed by atoms with Gasteiger partial charge in [0.05, 0.1) is 12.2 Å². The van der Waals surface area contributed by atoms with Crippen molar-refractivity contribution < 1.29 is 0 Å². The maximum atomic E-state index is 12.1. The molecule has 3 aromatic rings. The van der Waals surface area contributed by atoms with Crippen LogP contribution in [0.1, 0.15) is 11.1 Å². The van der Waals surface area contributed by atoms with E-state index < -0.39 is 0 Å². The van der Waals surface area contributed by atoms with E-state index in [9.17, 15) is 4.79 Å². The molecule has 3 nitrogen and oxygen atoms in total. The Morgan fingerprint density at radius 2 is 1.73 bits per heavy atom. The van der Waals surface area contributed by atoms with E-state index in [1.807, 2.05) is 55.5 Å². The van der Waals surface area contributed by atoms with E-state index in [0.29, 0.717) is 11.6 Å². The Morgan fingerprint density at radius 3 is 2.50 bits per heavy atom. The number of nitrogens with zero attached hydrogens (tertiary/aromatic N) is 2. The second-order valence-corrected chi connectivity index (χ2v) is 5.53. The van der Waals surface area contributed by atoms with Crippen LogP contribution < -0.4 is 5.56 Å². The number of aryl methyl sites for hydroxylation is 1. The summed E-state index contributed by atoms with van der Waals surface area (Å²) in [5, 5.41) is 5.12. The van der Waals surface area contributed by atoms with Gasteiger partial charge >= 0.3 is 0 Å². The summed E-state index contributed by atoms with van der Waals surface area (Å²) in [5.41, 5.74) is 3.66. The minimum atomic E-state index is -0.141. The highest BCUT2D eigenvalue weighted by Gasteiger charge is 2.07. The summed E-state index contributed by atoms with van der Waals surface area (Å²) in [6.07, 6.45) is 0. The fourth-order valence-electron chi connectivity index (χ4n) is 2.35. The number of hydrogen-bond acceptors (Lipinski definition) is 2. The number of rotatable bonds is 3. The first-order chi connectivity index (χ1) is 10.6. The molecule has 3 rings (SSSR count). The molecule has 4 heteroatoms. The van der Waals surface area contributed by atoms with Gasteiger partial charge in [-0.2, -0.15) is 5.10 Å². The van der Waals surface area contributed by atoms with Crippen molar-refractivity contribution in [3.63, 3.8) is 0 Å². The van der Waals surface area contributed by atoms with Gasteiger partial charge in [-0.25, -0.2) is 4.68 Å². The highest BCUT2D eigenvalue weighted by Crippen LogP contribution is 2.20. The van der Waals surface area contributed by atoms with E-state index >= 15 is 0 Å². The van der Waals surface area contributed by atoms with E-state index in [1.54, 1.807) is 12.1 Å². The Labute approximate surface area is 133 Å². The van der Waals surface area contributed by atoms with Gasteiger partial charge in [0.15, 0.2) is 0 Å². The monoisotopic (exact) mass is 310 g/mol. The second-order valence-electron chi connectivity index (χ2n) is 5.12. The van der Waals surface area contributed by atoms with Gasteiger partial charge in [-0.05, 0) is 30.2 Å². The van der Waals surface area contributed by atoms with Crippen molar-refractivity contribution >= 4 is 11.6 Å². The van der Waals surface area contributed by atoms with Gasteiger partial charge in [-0.3, -0.25) is 4.79 Å². The van der Waals surface area contributed by atoms with Crippen LogP contribution in [-0.2, 0) is 6.54 Å². The SMILES string of the molecule is Cc1ccccc1-c1ccc(=O)n(Cc2ccccc2Cl)n1. The summed E-state index contributed by atoms with van der Waals surface area (Å²) in [6.45, 7) is 2.39. The van der Waals surface area contributed by atoms with Gasteiger partial charge in [-0.15, -0.1) is 0 Å².